The van der Waals surface area contributed by atoms with E-state index in [2.05, 4.69) is 329 Å². The Labute approximate surface area is 515 Å². The van der Waals surface area contributed by atoms with Crippen molar-refractivity contribution in [2.75, 3.05) is 9.80 Å². The molecular formula is C81H76BN5. The fourth-order valence-corrected chi connectivity index (χ4v) is 13.3. The third kappa shape index (κ3) is 9.75. The zero-order chi connectivity index (χ0) is 60.5. The first-order valence-corrected chi connectivity index (χ1v) is 31.0. The summed E-state index contributed by atoms with van der Waals surface area (Å²) in [6.45, 7) is 30.3. The molecule has 87 heavy (non-hydrogen) atoms. The average molecular weight is 1130 g/mol. The van der Waals surface area contributed by atoms with Gasteiger partial charge in [-0.15, -0.1) is 0 Å². The van der Waals surface area contributed by atoms with Gasteiger partial charge in [0.05, 0.1) is 28.1 Å². The Kier molecular flexibility index (Phi) is 13.1. The van der Waals surface area contributed by atoms with E-state index in [4.69, 9.17) is 9.97 Å². The number of benzene rings is 10. The fraction of sp³-hybridized carbons (Fsp3) is 0.210. The Morgan fingerprint density at radius 3 is 1.28 bits per heavy atom. The predicted molar refractivity (Wildman–Crippen MR) is 372 cm³/mol. The van der Waals surface area contributed by atoms with Crippen LogP contribution >= 0.6 is 0 Å². The van der Waals surface area contributed by atoms with E-state index in [1.54, 1.807) is 0 Å². The molecule has 2 aliphatic rings. The SMILES string of the molecule is Cc1ccc(-c2nc(-c3ccccc3)cc(-c3ccccc3)n2)c(-n2c3ccccc3c3cc(-c4cc5c6c(c4)N(c4cc(C(C)(C)C)cc(C(C)(C)C)c4)c4ccccc4B6c4ccccc4N5c4cc(C(C)(C)C)cc(C(C)(C)C)c4)ccc32)c1. The molecule has 5 nitrogen and oxygen atoms in total. The Morgan fingerprint density at radius 2 is 0.782 bits per heavy atom. The first-order valence-electron chi connectivity index (χ1n) is 31.0. The maximum atomic E-state index is 5.39. The van der Waals surface area contributed by atoms with Crippen molar-refractivity contribution in [3.05, 3.63) is 252 Å². The minimum absolute atomic E-state index is 0.0187. The highest BCUT2D eigenvalue weighted by Crippen LogP contribution is 2.49. The van der Waals surface area contributed by atoms with E-state index >= 15 is 0 Å². The smallest absolute Gasteiger partial charge is 0.252 e. The van der Waals surface area contributed by atoms with Crippen LogP contribution in [-0.2, 0) is 21.7 Å². The molecule has 4 heterocycles. The summed E-state index contributed by atoms with van der Waals surface area (Å²) in [6, 6.07) is 84.0. The quantitative estimate of drug-likeness (QED) is 0.149. The molecule has 0 unspecified atom stereocenters. The van der Waals surface area contributed by atoms with Crippen LogP contribution < -0.4 is 26.2 Å². The van der Waals surface area contributed by atoms with Crippen LogP contribution in [0.5, 0.6) is 0 Å². The molecule has 0 aliphatic carbocycles. The molecule has 6 heteroatoms. The van der Waals surface area contributed by atoms with Crippen molar-refractivity contribution in [2.24, 2.45) is 0 Å². The monoisotopic (exact) mass is 1130 g/mol. The number of anilines is 6. The van der Waals surface area contributed by atoms with E-state index < -0.39 is 0 Å². The highest BCUT2D eigenvalue weighted by Gasteiger charge is 2.44. The van der Waals surface area contributed by atoms with Gasteiger partial charge in [-0.05, 0) is 169 Å². The molecule has 10 aromatic carbocycles. The Morgan fingerprint density at radius 1 is 0.333 bits per heavy atom. The highest BCUT2D eigenvalue weighted by atomic mass is 15.2. The Balaban J connectivity index is 1.04. The van der Waals surface area contributed by atoms with Crippen molar-refractivity contribution in [1.82, 2.24) is 14.5 Å². The summed E-state index contributed by atoms with van der Waals surface area (Å²) in [6.07, 6.45) is 0. The lowest BCUT2D eigenvalue weighted by molar-refractivity contribution is 0.568. The molecular weight excluding hydrogens is 1050 g/mol. The van der Waals surface area contributed by atoms with Crippen LogP contribution in [0.25, 0.3) is 72.5 Å². The second kappa shape index (κ2) is 20.4. The van der Waals surface area contributed by atoms with Crippen LogP contribution in [-0.4, -0.2) is 21.2 Å². The van der Waals surface area contributed by atoms with E-state index in [1.807, 2.05) is 0 Å². The zero-order valence-electron chi connectivity index (χ0n) is 52.7. The standard InChI is InChI=1S/C81H76BN5/c1-51-36-38-63(77-83-67(52-26-16-14-17-27-52)50-68(84-77)53-28-18-15-19-29-53)73(40-51)87-69-33-23-20-30-62(69)64-41-54(37-39-70(64)87)55-42-74-76-75(43-55)86(61-48-58(80(8,9)10)45-59(49-61)81(11,12)13)72-35-25-22-32-66(72)82(76)65-31-21-24-34-71(65)85(74)60-46-56(78(2,3)4)44-57(47-60)79(5,6)7/h14-50H,1-13H3. The Bertz CT molecular complexity index is 4430. The molecule has 0 saturated heterocycles. The first kappa shape index (κ1) is 55.6. The lowest BCUT2D eigenvalue weighted by atomic mass is 9.33. The van der Waals surface area contributed by atoms with Crippen LogP contribution in [0.15, 0.2) is 224 Å². The summed E-state index contributed by atoms with van der Waals surface area (Å²) in [5, 5.41) is 2.35. The molecule has 12 aromatic rings. The molecule has 0 amide bonds. The van der Waals surface area contributed by atoms with Gasteiger partial charge < -0.3 is 14.4 Å². The molecule has 0 saturated carbocycles. The van der Waals surface area contributed by atoms with Crippen molar-refractivity contribution in [1.29, 1.82) is 0 Å². The van der Waals surface area contributed by atoms with Gasteiger partial charge in [-0.1, -0.05) is 223 Å². The summed E-state index contributed by atoms with van der Waals surface area (Å²) in [5.41, 5.74) is 27.5. The molecule has 0 spiro atoms. The minimum Gasteiger partial charge on any atom is -0.311 e. The lowest BCUT2D eigenvalue weighted by Crippen LogP contribution is -2.61. The summed E-state index contributed by atoms with van der Waals surface area (Å²) >= 11 is 0. The van der Waals surface area contributed by atoms with E-state index in [0.29, 0.717) is 5.82 Å². The summed E-state index contributed by atoms with van der Waals surface area (Å²) in [7, 11) is 0. The summed E-state index contributed by atoms with van der Waals surface area (Å²) < 4.78 is 2.44. The van der Waals surface area contributed by atoms with Gasteiger partial charge in [-0.2, -0.15) is 0 Å². The molecule has 0 radical (unpaired) electrons. The van der Waals surface area contributed by atoms with Gasteiger partial charge in [-0.3, -0.25) is 0 Å². The van der Waals surface area contributed by atoms with Crippen molar-refractivity contribution in [3.63, 3.8) is 0 Å². The van der Waals surface area contributed by atoms with Crippen molar-refractivity contribution >= 4 is 79.0 Å². The number of rotatable bonds is 7. The number of para-hydroxylation sites is 3. The van der Waals surface area contributed by atoms with Crippen LogP contribution in [0.2, 0.25) is 0 Å². The predicted octanol–water partition coefficient (Wildman–Crippen LogP) is 19.8. The van der Waals surface area contributed by atoms with Gasteiger partial charge in [0.25, 0.3) is 6.71 Å². The van der Waals surface area contributed by atoms with Gasteiger partial charge in [0.2, 0.25) is 0 Å². The molecule has 0 bridgehead atoms. The van der Waals surface area contributed by atoms with Gasteiger partial charge in [0.1, 0.15) is 0 Å². The number of fused-ring (bicyclic) bond motifs is 7. The van der Waals surface area contributed by atoms with Gasteiger partial charge in [-0.25, -0.2) is 9.97 Å². The first-order chi connectivity index (χ1) is 41.6. The maximum absolute atomic E-state index is 5.39. The van der Waals surface area contributed by atoms with Crippen molar-refractivity contribution in [2.45, 2.75) is 112 Å². The maximum Gasteiger partial charge on any atom is 0.252 e. The average Bonchev–Trinajstić information content (AvgIpc) is 1.06. The normalized spacial score (nSPS) is 13.3. The van der Waals surface area contributed by atoms with Crippen molar-refractivity contribution in [3.8, 4) is 50.7 Å². The molecule has 0 N–H and O–H groups in total. The van der Waals surface area contributed by atoms with Gasteiger partial charge in [0.15, 0.2) is 5.82 Å². The second-order valence-electron chi connectivity index (χ2n) is 28.5. The van der Waals surface area contributed by atoms with Crippen LogP contribution in [0, 0.1) is 6.92 Å². The van der Waals surface area contributed by atoms with Gasteiger partial charge >= 0.3 is 0 Å². The minimum atomic E-state index is -0.0914. The van der Waals surface area contributed by atoms with E-state index in [0.717, 1.165) is 61.5 Å². The largest absolute Gasteiger partial charge is 0.311 e. The second-order valence-corrected chi connectivity index (χ2v) is 28.5. The van der Waals surface area contributed by atoms with Crippen LogP contribution in [0.4, 0.5) is 34.1 Å². The number of aromatic nitrogens is 3. The lowest BCUT2D eigenvalue weighted by Gasteiger charge is -2.45. The topological polar surface area (TPSA) is 37.2 Å². The summed E-state index contributed by atoms with van der Waals surface area (Å²) in [5.74, 6) is 0.677. The van der Waals surface area contributed by atoms with E-state index in [-0.39, 0.29) is 28.4 Å². The molecule has 0 atom stereocenters. The number of hydrogen-bond donors (Lipinski definition) is 0. The van der Waals surface area contributed by atoms with Crippen LogP contribution in [0.1, 0.15) is 111 Å². The fourth-order valence-electron chi connectivity index (χ4n) is 13.3. The zero-order valence-corrected chi connectivity index (χ0v) is 52.7. The molecule has 2 aliphatic heterocycles. The molecule has 0 fully saturated rings. The number of nitrogens with zero attached hydrogens (tertiary/aromatic N) is 5. The van der Waals surface area contributed by atoms with Gasteiger partial charge in [0, 0.05) is 61.6 Å². The van der Waals surface area contributed by atoms with Crippen LogP contribution in [0.3, 0.4) is 0 Å². The number of hydrogen-bond acceptors (Lipinski definition) is 4. The third-order valence-electron chi connectivity index (χ3n) is 18.2. The van der Waals surface area contributed by atoms with E-state index in [1.165, 1.54) is 83.5 Å². The molecule has 428 valence electrons. The molecule has 2 aromatic heterocycles. The van der Waals surface area contributed by atoms with E-state index in [9.17, 15) is 0 Å². The Hall–Kier alpha value is -9.26. The van der Waals surface area contributed by atoms with Crippen molar-refractivity contribution < 1.29 is 0 Å². The highest BCUT2D eigenvalue weighted by molar-refractivity contribution is 7.00. The molecule has 14 rings (SSSR count). The number of aryl methyl sites for hydroxylation is 1. The summed E-state index contributed by atoms with van der Waals surface area (Å²) in [4.78, 5) is 16.0. The third-order valence-corrected chi connectivity index (χ3v) is 18.2.